The van der Waals surface area contributed by atoms with Crippen LogP contribution >= 0.6 is 50.9 Å². The molecule has 0 bridgehead atoms. The molecule has 0 radical (unpaired) electrons. The Morgan fingerprint density at radius 3 is 0.348 bits per heavy atom. The van der Waals surface area contributed by atoms with Crippen LogP contribution in [0.2, 0.25) is 0 Å². The van der Waals surface area contributed by atoms with Gasteiger partial charge >= 0.3 is 0 Å². The van der Waals surface area contributed by atoms with Gasteiger partial charge in [0.2, 0.25) is 0 Å². The lowest BCUT2D eigenvalue weighted by molar-refractivity contribution is 0.530. The second-order valence-corrected chi connectivity index (χ2v) is 20.1. The maximum atomic E-state index is 3.58. The van der Waals surface area contributed by atoms with Crippen LogP contribution < -0.4 is 16.0 Å². The Hall–Kier alpha value is 1.32. The molecule has 0 atom stereocenters. The van der Waals surface area contributed by atoms with Crippen LogP contribution in [0.15, 0.2) is 0 Å². The molecule has 0 amide bonds. The van der Waals surface area contributed by atoms with E-state index >= 15 is 0 Å². The van der Waals surface area contributed by atoms with E-state index in [4.69, 9.17) is 0 Å². The Kier molecular flexibility index (Phi) is 99.3. The highest BCUT2D eigenvalue weighted by molar-refractivity contribution is 8.93. The highest BCUT2D eigenvalue weighted by Crippen LogP contribution is 2.14. The van der Waals surface area contributed by atoms with Crippen molar-refractivity contribution in [1.29, 1.82) is 0 Å². The molecule has 0 aromatic rings. The second kappa shape index (κ2) is 83.2. The monoisotopic (exact) mass is 1130 g/mol. The minimum absolute atomic E-state index is 0. The standard InChI is InChI=1S/3C20H43N.3BrH/c3*1-3-5-7-9-10-11-12-13-14-15-16-18-20-21-19-17-8-6-4-2;;;/h3*21H,3-20H2,1-2H3;3*1H. The van der Waals surface area contributed by atoms with Crippen LogP contribution in [-0.4, -0.2) is 39.3 Å². The molecule has 0 fully saturated rings. The van der Waals surface area contributed by atoms with E-state index < -0.39 is 0 Å². The molecule has 0 rings (SSSR count). The number of hydrogen-bond acceptors (Lipinski definition) is 3. The molecule has 0 unspecified atom stereocenters. The van der Waals surface area contributed by atoms with Gasteiger partial charge in [-0.15, -0.1) is 50.9 Å². The minimum atomic E-state index is 0. The lowest BCUT2D eigenvalue weighted by Crippen LogP contribution is -2.16. The van der Waals surface area contributed by atoms with Crippen LogP contribution in [0.25, 0.3) is 0 Å². The molecule has 6 heteroatoms. The smallest absolute Gasteiger partial charge is 0.00489 e. The summed E-state index contributed by atoms with van der Waals surface area (Å²) in [6, 6.07) is 0. The summed E-state index contributed by atoms with van der Waals surface area (Å²) in [5, 5.41) is 10.7. The normalized spacial score (nSPS) is 10.6. The number of halogens is 3. The van der Waals surface area contributed by atoms with Crippen molar-refractivity contribution in [2.24, 2.45) is 0 Å². The molecule has 0 aliphatic carbocycles. The second-order valence-electron chi connectivity index (χ2n) is 20.1. The van der Waals surface area contributed by atoms with Gasteiger partial charge in [-0.25, -0.2) is 0 Å². The van der Waals surface area contributed by atoms with Gasteiger partial charge in [0.05, 0.1) is 0 Å². The molecule has 0 aromatic heterocycles. The lowest BCUT2D eigenvalue weighted by atomic mass is 10.1. The van der Waals surface area contributed by atoms with E-state index in [0.29, 0.717) is 0 Å². The van der Waals surface area contributed by atoms with Crippen LogP contribution in [0.3, 0.4) is 0 Å². The summed E-state index contributed by atoms with van der Waals surface area (Å²) in [7, 11) is 0. The van der Waals surface area contributed by atoms with Crippen LogP contribution in [-0.2, 0) is 0 Å². The summed E-state index contributed by atoms with van der Waals surface area (Å²) in [4.78, 5) is 0. The largest absolute Gasteiger partial charge is 0.317 e. The van der Waals surface area contributed by atoms with Crippen molar-refractivity contribution < 1.29 is 0 Å². The average molecular weight is 1140 g/mol. The van der Waals surface area contributed by atoms with Gasteiger partial charge in [-0.3, -0.25) is 0 Å². The molecular weight excluding hydrogens is 1000 g/mol. The first-order valence-corrected chi connectivity index (χ1v) is 30.4. The maximum absolute atomic E-state index is 3.58. The first-order chi connectivity index (χ1) is 31.2. The van der Waals surface area contributed by atoms with Gasteiger partial charge in [-0.1, -0.05) is 311 Å². The predicted octanol–water partition coefficient (Wildman–Crippen LogP) is 22.3. The van der Waals surface area contributed by atoms with E-state index in [1.807, 2.05) is 0 Å². The first kappa shape index (κ1) is 78.7. The summed E-state index contributed by atoms with van der Waals surface area (Å²) in [6.07, 6.45) is 68.6. The molecule has 0 aliphatic heterocycles. The van der Waals surface area contributed by atoms with Crippen molar-refractivity contribution in [3.8, 4) is 0 Å². The topological polar surface area (TPSA) is 36.1 Å². The molecule has 0 aliphatic rings. The van der Waals surface area contributed by atoms with Gasteiger partial charge in [0, 0.05) is 0 Å². The summed E-state index contributed by atoms with van der Waals surface area (Å²) < 4.78 is 0. The van der Waals surface area contributed by atoms with Crippen LogP contribution in [0.5, 0.6) is 0 Å². The fourth-order valence-electron chi connectivity index (χ4n) is 8.68. The summed E-state index contributed by atoms with van der Waals surface area (Å²) in [5.74, 6) is 0. The Balaban J connectivity index is -0.000000200. The molecule has 3 N–H and O–H groups in total. The molecule has 0 spiro atoms. The third-order valence-electron chi connectivity index (χ3n) is 13.2. The number of rotatable bonds is 54. The first-order valence-electron chi connectivity index (χ1n) is 30.4. The fourth-order valence-corrected chi connectivity index (χ4v) is 8.68. The minimum Gasteiger partial charge on any atom is -0.317 e. The Bertz CT molecular complexity index is 556. The van der Waals surface area contributed by atoms with Gasteiger partial charge in [0.1, 0.15) is 0 Å². The number of hydrogen-bond donors (Lipinski definition) is 3. The van der Waals surface area contributed by atoms with Crippen LogP contribution in [0, 0.1) is 0 Å². The molecule has 408 valence electrons. The van der Waals surface area contributed by atoms with E-state index in [9.17, 15) is 0 Å². The third-order valence-corrected chi connectivity index (χ3v) is 13.2. The molecule has 0 saturated heterocycles. The predicted molar refractivity (Wildman–Crippen MR) is 325 cm³/mol. The van der Waals surface area contributed by atoms with Gasteiger partial charge in [-0.2, -0.15) is 0 Å². The van der Waals surface area contributed by atoms with E-state index in [0.717, 1.165) is 0 Å². The summed E-state index contributed by atoms with van der Waals surface area (Å²) in [5.41, 5.74) is 0. The molecule has 0 aromatic carbocycles. The Labute approximate surface area is 452 Å². The number of nitrogens with one attached hydrogen (secondary N) is 3. The summed E-state index contributed by atoms with van der Waals surface area (Å²) in [6.45, 7) is 21.1. The molecule has 0 heterocycles. The van der Waals surface area contributed by atoms with Crippen molar-refractivity contribution in [3.05, 3.63) is 0 Å². The summed E-state index contributed by atoms with van der Waals surface area (Å²) >= 11 is 0. The van der Waals surface area contributed by atoms with Crippen molar-refractivity contribution in [3.63, 3.8) is 0 Å². The quantitative estimate of drug-likeness (QED) is 0.0531. The van der Waals surface area contributed by atoms with E-state index in [1.165, 1.54) is 347 Å². The van der Waals surface area contributed by atoms with Gasteiger partial charge in [0.15, 0.2) is 0 Å². The highest BCUT2D eigenvalue weighted by Gasteiger charge is 1.97. The van der Waals surface area contributed by atoms with Gasteiger partial charge in [0.25, 0.3) is 0 Å². The van der Waals surface area contributed by atoms with Crippen molar-refractivity contribution in [2.75, 3.05) is 39.3 Å². The van der Waals surface area contributed by atoms with E-state index in [2.05, 4.69) is 57.5 Å². The van der Waals surface area contributed by atoms with Gasteiger partial charge < -0.3 is 16.0 Å². The molecule has 0 saturated carbocycles. The van der Waals surface area contributed by atoms with Gasteiger partial charge in [-0.05, 0) is 77.8 Å². The Morgan fingerprint density at radius 2 is 0.227 bits per heavy atom. The van der Waals surface area contributed by atoms with Crippen molar-refractivity contribution >= 4 is 50.9 Å². The van der Waals surface area contributed by atoms with Crippen molar-refractivity contribution in [2.45, 2.75) is 350 Å². The highest BCUT2D eigenvalue weighted by atomic mass is 79.9. The number of unbranched alkanes of at least 4 members (excludes halogenated alkanes) is 42. The fraction of sp³-hybridized carbons (Fsp3) is 1.00. The molecular formula is C60H132Br3N3. The average Bonchev–Trinajstić information content (AvgIpc) is 3.30. The zero-order valence-electron chi connectivity index (χ0n) is 46.9. The zero-order chi connectivity index (χ0) is 46.3. The lowest BCUT2D eigenvalue weighted by Gasteiger charge is -2.05. The van der Waals surface area contributed by atoms with Crippen molar-refractivity contribution in [1.82, 2.24) is 16.0 Å². The SMILES string of the molecule is Br.Br.Br.CCCCCCCCCCCCCCNCCCCCC.CCCCCCCCCCCCCCNCCCCCC.CCCCCCCCCCCCCCNCCCCCC. The van der Waals surface area contributed by atoms with E-state index in [1.54, 1.807) is 0 Å². The molecule has 3 nitrogen and oxygen atoms in total. The van der Waals surface area contributed by atoms with Crippen LogP contribution in [0.4, 0.5) is 0 Å². The third kappa shape index (κ3) is 88.3. The Morgan fingerprint density at radius 1 is 0.136 bits per heavy atom. The molecule has 66 heavy (non-hydrogen) atoms. The maximum Gasteiger partial charge on any atom is -0.00489 e. The van der Waals surface area contributed by atoms with Crippen LogP contribution in [0.1, 0.15) is 350 Å². The zero-order valence-corrected chi connectivity index (χ0v) is 52.0. The van der Waals surface area contributed by atoms with E-state index in [-0.39, 0.29) is 50.9 Å².